The number of H-pyrrole nitrogens is 1. The molecular weight excluding hydrogens is 304 g/mol. The van der Waals surface area contributed by atoms with Gasteiger partial charge < -0.3 is 15.0 Å². The summed E-state index contributed by atoms with van der Waals surface area (Å²) < 4.78 is 33.1. The van der Waals surface area contributed by atoms with E-state index in [0.29, 0.717) is 24.2 Å². The monoisotopic (exact) mass is 324 g/mol. The van der Waals surface area contributed by atoms with Crippen molar-refractivity contribution in [2.24, 2.45) is 0 Å². The number of ether oxygens (including phenoxy) is 1. The number of aromatic nitrogens is 2. The molecule has 7 nitrogen and oxygen atoms in total. The van der Waals surface area contributed by atoms with Crippen molar-refractivity contribution in [1.29, 1.82) is 0 Å². The largest absolute Gasteiger partial charge is 0.383 e. The third-order valence-corrected chi connectivity index (χ3v) is 5.50. The molecule has 1 unspecified atom stereocenters. The van der Waals surface area contributed by atoms with E-state index in [1.165, 1.54) is 6.20 Å². The van der Waals surface area contributed by atoms with E-state index < -0.39 is 10.0 Å². The third-order valence-electron chi connectivity index (χ3n) is 4.06. The lowest BCUT2D eigenvalue weighted by atomic mass is 9.99. The zero-order chi connectivity index (χ0) is 15.6. The van der Waals surface area contributed by atoms with Crippen LogP contribution in [-0.2, 0) is 14.8 Å². The first-order valence-electron chi connectivity index (χ1n) is 7.22. The Morgan fingerprint density at radius 1 is 1.50 bits per heavy atom. The predicted molar refractivity (Wildman–Crippen MR) is 83.1 cm³/mol. The molecule has 1 aliphatic heterocycles. The summed E-state index contributed by atoms with van der Waals surface area (Å²) in [7, 11) is -1.98. The summed E-state index contributed by atoms with van der Waals surface area (Å²) in [5.41, 5.74) is 0.236. The Bertz CT molecular complexity index is 750. The number of hydrogen-bond acceptors (Lipinski definition) is 5. The first-order valence-corrected chi connectivity index (χ1v) is 8.70. The second-order valence-electron chi connectivity index (χ2n) is 5.62. The molecule has 3 rings (SSSR count). The molecule has 0 amide bonds. The maximum atomic E-state index is 12.6. The van der Waals surface area contributed by atoms with Gasteiger partial charge in [0.15, 0.2) is 0 Å². The molecule has 0 saturated carbocycles. The van der Waals surface area contributed by atoms with Crippen LogP contribution in [0.1, 0.15) is 12.8 Å². The van der Waals surface area contributed by atoms with Crippen LogP contribution in [0, 0.1) is 0 Å². The van der Waals surface area contributed by atoms with E-state index in [1.54, 1.807) is 25.4 Å². The number of rotatable bonds is 6. The molecule has 0 aliphatic carbocycles. The molecule has 120 valence electrons. The zero-order valence-electron chi connectivity index (χ0n) is 12.4. The quantitative estimate of drug-likeness (QED) is 0.723. The maximum Gasteiger partial charge on any atom is 0.242 e. The van der Waals surface area contributed by atoms with Crippen molar-refractivity contribution >= 4 is 21.1 Å². The van der Waals surface area contributed by atoms with Gasteiger partial charge in [-0.1, -0.05) is 0 Å². The van der Waals surface area contributed by atoms with E-state index in [9.17, 15) is 8.42 Å². The molecule has 1 saturated heterocycles. The molecule has 1 fully saturated rings. The molecule has 8 heteroatoms. The first-order chi connectivity index (χ1) is 10.6. The van der Waals surface area contributed by atoms with E-state index in [1.807, 2.05) is 0 Å². The fourth-order valence-corrected chi connectivity index (χ4v) is 4.22. The number of methoxy groups -OCH3 is 1. The molecule has 3 heterocycles. The molecule has 1 atom stereocenters. The van der Waals surface area contributed by atoms with Gasteiger partial charge in [0.2, 0.25) is 10.0 Å². The molecule has 0 aromatic carbocycles. The van der Waals surface area contributed by atoms with Gasteiger partial charge in [0.1, 0.15) is 10.5 Å². The number of pyridine rings is 1. The van der Waals surface area contributed by atoms with Gasteiger partial charge in [-0.15, -0.1) is 0 Å². The summed E-state index contributed by atoms with van der Waals surface area (Å²) in [4.78, 5) is 7.23. The summed E-state index contributed by atoms with van der Waals surface area (Å²) in [5, 5.41) is 3.95. The normalized spacial score (nSPS) is 22.4. The van der Waals surface area contributed by atoms with Crippen molar-refractivity contribution in [2.75, 3.05) is 26.8 Å². The van der Waals surface area contributed by atoms with Crippen molar-refractivity contribution < 1.29 is 13.2 Å². The Hall–Kier alpha value is -1.48. The first kappa shape index (κ1) is 15.4. The predicted octanol–water partition coefficient (Wildman–Crippen LogP) is 0.610. The van der Waals surface area contributed by atoms with Crippen molar-refractivity contribution in [3.63, 3.8) is 0 Å². The van der Waals surface area contributed by atoms with Gasteiger partial charge in [-0.25, -0.2) is 18.1 Å². The lowest BCUT2D eigenvalue weighted by molar-refractivity contribution is 0.122. The lowest BCUT2D eigenvalue weighted by Gasteiger charge is -2.28. The molecule has 0 bridgehead atoms. The van der Waals surface area contributed by atoms with Crippen LogP contribution in [0.2, 0.25) is 0 Å². The Morgan fingerprint density at radius 2 is 2.36 bits per heavy atom. The highest BCUT2D eigenvalue weighted by molar-refractivity contribution is 7.89. The fourth-order valence-electron chi connectivity index (χ4n) is 2.93. The highest BCUT2D eigenvalue weighted by Crippen LogP contribution is 2.23. The van der Waals surface area contributed by atoms with E-state index in [2.05, 4.69) is 20.0 Å². The number of hydrogen-bond donors (Lipinski definition) is 3. The number of sulfonamides is 1. The van der Waals surface area contributed by atoms with Crippen LogP contribution in [-0.4, -0.2) is 50.7 Å². The zero-order valence-corrected chi connectivity index (χ0v) is 13.2. The molecule has 1 aliphatic rings. The molecule has 2 aromatic heterocycles. The van der Waals surface area contributed by atoms with Gasteiger partial charge in [-0.3, -0.25) is 0 Å². The standard InChI is InChI=1S/C14H20N4O3S/c1-21-10-14(5-3-7-17-14)9-18-22(19,20)12-8-16-13-11(12)4-2-6-15-13/h2,4,6,8,17-18H,3,5,7,9-10H2,1H3,(H,15,16). The van der Waals surface area contributed by atoms with Crippen LogP contribution in [0.25, 0.3) is 11.0 Å². The van der Waals surface area contributed by atoms with Gasteiger partial charge in [0.05, 0.1) is 12.1 Å². The van der Waals surface area contributed by atoms with Gasteiger partial charge in [0, 0.05) is 31.4 Å². The van der Waals surface area contributed by atoms with Crippen LogP contribution in [0.5, 0.6) is 0 Å². The van der Waals surface area contributed by atoms with Crippen LogP contribution in [0.4, 0.5) is 0 Å². The Morgan fingerprint density at radius 3 is 3.09 bits per heavy atom. The van der Waals surface area contributed by atoms with Crippen LogP contribution >= 0.6 is 0 Å². The highest BCUT2D eigenvalue weighted by atomic mass is 32.2. The Balaban J connectivity index is 1.81. The minimum Gasteiger partial charge on any atom is -0.383 e. The molecular formula is C14H20N4O3S. The average molecular weight is 324 g/mol. The smallest absolute Gasteiger partial charge is 0.242 e. The Kier molecular flexibility index (Phi) is 4.18. The summed E-state index contributed by atoms with van der Waals surface area (Å²) >= 11 is 0. The van der Waals surface area contributed by atoms with Gasteiger partial charge in [-0.05, 0) is 31.5 Å². The lowest BCUT2D eigenvalue weighted by Crippen LogP contribution is -2.52. The van der Waals surface area contributed by atoms with Crippen molar-refractivity contribution in [3.05, 3.63) is 24.5 Å². The van der Waals surface area contributed by atoms with Crippen molar-refractivity contribution in [1.82, 2.24) is 20.0 Å². The van der Waals surface area contributed by atoms with Gasteiger partial charge >= 0.3 is 0 Å². The average Bonchev–Trinajstić information content (AvgIpc) is 3.13. The number of aromatic amines is 1. The number of nitrogens with zero attached hydrogens (tertiary/aromatic N) is 1. The topological polar surface area (TPSA) is 96.1 Å². The molecule has 3 N–H and O–H groups in total. The summed E-state index contributed by atoms with van der Waals surface area (Å²) in [6.45, 7) is 1.66. The number of fused-ring (bicyclic) bond motifs is 1. The second-order valence-corrected chi connectivity index (χ2v) is 7.36. The van der Waals surface area contributed by atoms with Gasteiger partial charge in [-0.2, -0.15) is 0 Å². The maximum absolute atomic E-state index is 12.6. The summed E-state index contributed by atoms with van der Waals surface area (Å²) in [6.07, 6.45) is 5.00. The van der Waals surface area contributed by atoms with E-state index >= 15 is 0 Å². The van der Waals surface area contributed by atoms with Gasteiger partial charge in [0.25, 0.3) is 0 Å². The van der Waals surface area contributed by atoms with E-state index in [-0.39, 0.29) is 10.4 Å². The van der Waals surface area contributed by atoms with E-state index in [4.69, 9.17) is 4.74 Å². The minimum absolute atomic E-state index is 0.223. The molecule has 0 spiro atoms. The van der Waals surface area contributed by atoms with Crippen molar-refractivity contribution in [3.8, 4) is 0 Å². The minimum atomic E-state index is -3.60. The summed E-state index contributed by atoms with van der Waals surface area (Å²) in [5.74, 6) is 0. The van der Waals surface area contributed by atoms with Crippen molar-refractivity contribution in [2.45, 2.75) is 23.3 Å². The molecule has 2 aromatic rings. The second kappa shape index (κ2) is 5.96. The van der Waals surface area contributed by atoms with E-state index in [0.717, 1.165) is 19.4 Å². The molecule has 22 heavy (non-hydrogen) atoms. The van der Waals surface area contributed by atoms with Crippen LogP contribution in [0.15, 0.2) is 29.4 Å². The van der Waals surface area contributed by atoms with Crippen LogP contribution < -0.4 is 10.0 Å². The number of nitrogens with one attached hydrogen (secondary N) is 3. The summed E-state index contributed by atoms with van der Waals surface area (Å²) in [6, 6.07) is 3.46. The fraction of sp³-hybridized carbons (Fsp3) is 0.500. The molecule has 0 radical (unpaired) electrons. The highest BCUT2D eigenvalue weighted by Gasteiger charge is 2.35. The van der Waals surface area contributed by atoms with Crippen LogP contribution in [0.3, 0.4) is 0 Å². The third kappa shape index (κ3) is 2.87. The SMILES string of the molecule is COCC1(CNS(=O)(=O)c2c[nH]c3ncccc23)CCCN1. The Labute approximate surface area is 129 Å².